The lowest BCUT2D eigenvalue weighted by Gasteiger charge is -2.10. The van der Waals surface area contributed by atoms with Crippen molar-refractivity contribution in [3.05, 3.63) is 11.8 Å². The highest BCUT2D eigenvalue weighted by Crippen LogP contribution is 2.24. The molecule has 2 rings (SSSR count). The Morgan fingerprint density at radius 3 is 3.25 bits per heavy atom. The third kappa shape index (κ3) is 1.03. The Morgan fingerprint density at radius 2 is 2.58 bits per heavy atom. The summed E-state index contributed by atoms with van der Waals surface area (Å²) in [6.07, 6.45) is 2.69. The molecule has 0 radical (unpaired) electrons. The second-order valence-electron chi connectivity index (χ2n) is 3.18. The molecule has 0 aromatic heterocycles. The molecule has 0 unspecified atom stereocenters. The lowest BCUT2D eigenvalue weighted by Crippen LogP contribution is -2.28. The van der Waals surface area contributed by atoms with Crippen LogP contribution in [0.1, 0.15) is 6.42 Å². The van der Waals surface area contributed by atoms with E-state index < -0.39 is 0 Å². The Bertz CT molecular complexity index is 237. The summed E-state index contributed by atoms with van der Waals surface area (Å²) in [5, 5.41) is 2.80. The first-order chi connectivity index (χ1) is 5.81. The molecule has 66 valence electrons. The standard InChI is InChI=1S/C8H12N2O2/c1-12-5-6-2-7-3-9-8(11)10(7)4-6/h5,7H,2-4H2,1H3,(H,9,11)/b6-5+/t7-/m0/s1. The number of urea groups is 1. The first-order valence-corrected chi connectivity index (χ1v) is 4.06. The summed E-state index contributed by atoms with van der Waals surface area (Å²) in [7, 11) is 1.64. The van der Waals surface area contributed by atoms with Crippen molar-refractivity contribution in [1.29, 1.82) is 0 Å². The summed E-state index contributed by atoms with van der Waals surface area (Å²) in [5.74, 6) is 0. The molecule has 4 heteroatoms. The summed E-state index contributed by atoms with van der Waals surface area (Å²) in [4.78, 5) is 13.0. The minimum atomic E-state index is 0.0551. The van der Waals surface area contributed by atoms with Gasteiger partial charge in [-0.05, 0) is 12.0 Å². The zero-order chi connectivity index (χ0) is 8.55. The van der Waals surface area contributed by atoms with E-state index >= 15 is 0 Å². The number of rotatable bonds is 1. The summed E-state index contributed by atoms with van der Waals surface area (Å²) in [6.45, 7) is 1.50. The number of hydrogen-bond donors (Lipinski definition) is 1. The highest BCUT2D eigenvalue weighted by atomic mass is 16.5. The average Bonchev–Trinajstić information content (AvgIpc) is 2.55. The van der Waals surface area contributed by atoms with Crippen molar-refractivity contribution in [2.45, 2.75) is 12.5 Å². The van der Waals surface area contributed by atoms with Crippen LogP contribution in [0.5, 0.6) is 0 Å². The zero-order valence-electron chi connectivity index (χ0n) is 7.04. The van der Waals surface area contributed by atoms with Crippen LogP contribution in [0.15, 0.2) is 11.8 Å². The number of nitrogens with zero attached hydrogens (tertiary/aromatic N) is 1. The van der Waals surface area contributed by atoms with Crippen molar-refractivity contribution < 1.29 is 9.53 Å². The number of carbonyl (C=O) groups excluding carboxylic acids is 1. The number of methoxy groups -OCH3 is 1. The predicted molar refractivity (Wildman–Crippen MR) is 43.6 cm³/mol. The third-order valence-corrected chi connectivity index (χ3v) is 2.35. The van der Waals surface area contributed by atoms with Gasteiger partial charge in [0.2, 0.25) is 0 Å². The van der Waals surface area contributed by atoms with E-state index in [9.17, 15) is 4.79 Å². The number of ether oxygens (including phenoxy) is 1. The Kier molecular flexibility index (Phi) is 1.67. The van der Waals surface area contributed by atoms with E-state index in [1.165, 1.54) is 5.57 Å². The van der Waals surface area contributed by atoms with Gasteiger partial charge in [0.1, 0.15) is 0 Å². The number of amides is 2. The summed E-state index contributed by atoms with van der Waals surface area (Å²) in [6, 6.07) is 0.415. The quantitative estimate of drug-likeness (QED) is 0.573. The summed E-state index contributed by atoms with van der Waals surface area (Å²) in [5.41, 5.74) is 1.21. The van der Waals surface area contributed by atoms with E-state index in [1.54, 1.807) is 13.4 Å². The fourth-order valence-corrected chi connectivity index (χ4v) is 1.80. The Morgan fingerprint density at radius 1 is 1.75 bits per heavy atom. The molecule has 1 atom stereocenters. The van der Waals surface area contributed by atoms with Gasteiger partial charge in [-0.15, -0.1) is 0 Å². The SMILES string of the molecule is CO/C=C1\C[C@H]2CNC(=O)N2C1. The monoisotopic (exact) mass is 168 g/mol. The first kappa shape index (κ1) is 7.46. The molecule has 2 amide bonds. The van der Waals surface area contributed by atoms with Crippen LogP contribution in [-0.2, 0) is 4.74 Å². The fourth-order valence-electron chi connectivity index (χ4n) is 1.80. The van der Waals surface area contributed by atoms with Gasteiger partial charge in [0, 0.05) is 13.1 Å². The van der Waals surface area contributed by atoms with Crippen LogP contribution in [0, 0.1) is 0 Å². The number of carbonyl (C=O) groups is 1. The molecule has 0 aromatic carbocycles. The van der Waals surface area contributed by atoms with Crippen LogP contribution in [0.25, 0.3) is 0 Å². The number of hydrogen-bond acceptors (Lipinski definition) is 2. The minimum absolute atomic E-state index is 0.0551. The molecule has 0 spiro atoms. The van der Waals surface area contributed by atoms with E-state index in [0.29, 0.717) is 6.04 Å². The normalized spacial score (nSPS) is 30.8. The molecule has 1 N–H and O–H groups in total. The largest absolute Gasteiger partial charge is 0.504 e. The lowest BCUT2D eigenvalue weighted by molar-refractivity contribution is 0.217. The van der Waals surface area contributed by atoms with Gasteiger partial charge in [-0.25, -0.2) is 4.79 Å². The molecule has 0 aromatic rings. The maximum Gasteiger partial charge on any atom is 0.318 e. The molecular weight excluding hydrogens is 156 g/mol. The van der Waals surface area contributed by atoms with Gasteiger partial charge in [0.25, 0.3) is 0 Å². The molecular formula is C8H12N2O2. The maximum atomic E-state index is 11.2. The molecule has 0 aliphatic carbocycles. The van der Waals surface area contributed by atoms with Gasteiger partial charge in [0.15, 0.2) is 0 Å². The van der Waals surface area contributed by atoms with Gasteiger partial charge in [-0.1, -0.05) is 0 Å². The highest BCUT2D eigenvalue weighted by molar-refractivity contribution is 5.78. The van der Waals surface area contributed by atoms with Crippen LogP contribution in [-0.4, -0.2) is 37.2 Å². The molecule has 2 fully saturated rings. The minimum Gasteiger partial charge on any atom is -0.504 e. The second-order valence-corrected chi connectivity index (χ2v) is 3.18. The molecule has 12 heavy (non-hydrogen) atoms. The Hall–Kier alpha value is -1.19. The van der Waals surface area contributed by atoms with Crippen LogP contribution in [0.2, 0.25) is 0 Å². The van der Waals surface area contributed by atoms with Crippen molar-refractivity contribution in [2.75, 3.05) is 20.2 Å². The van der Waals surface area contributed by atoms with E-state index in [0.717, 1.165) is 19.5 Å². The number of nitrogens with one attached hydrogen (secondary N) is 1. The molecule has 2 heterocycles. The van der Waals surface area contributed by atoms with Crippen LogP contribution in [0.4, 0.5) is 4.79 Å². The molecule has 0 bridgehead atoms. The van der Waals surface area contributed by atoms with Gasteiger partial charge >= 0.3 is 6.03 Å². The second kappa shape index (κ2) is 2.69. The molecule has 2 aliphatic heterocycles. The summed E-state index contributed by atoms with van der Waals surface area (Å²) < 4.78 is 4.91. The van der Waals surface area contributed by atoms with Gasteiger partial charge in [-0.2, -0.15) is 0 Å². The van der Waals surface area contributed by atoms with E-state index in [4.69, 9.17) is 4.74 Å². The van der Waals surface area contributed by atoms with Gasteiger partial charge < -0.3 is 15.0 Å². The average molecular weight is 168 g/mol. The van der Waals surface area contributed by atoms with Crippen molar-refractivity contribution in [3.63, 3.8) is 0 Å². The molecule has 2 saturated heterocycles. The topological polar surface area (TPSA) is 41.6 Å². The molecule has 4 nitrogen and oxygen atoms in total. The third-order valence-electron chi connectivity index (χ3n) is 2.35. The van der Waals surface area contributed by atoms with Gasteiger partial charge in [0.05, 0.1) is 19.4 Å². The predicted octanol–water partition coefficient (Wildman–Crippen LogP) is 0.314. The van der Waals surface area contributed by atoms with E-state index in [2.05, 4.69) is 5.32 Å². The maximum absolute atomic E-state index is 11.2. The Balaban J connectivity index is 2.07. The van der Waals surface area contributed by atoms with Crippen LogP contribution in [0.3, 0.4) is 0 Å². The smallest absolute Gasteiger partial charge is 0.318 e. The van der Waals surface area contributed by atoms with Crippen molar-refractivity contribution in [2.24, 2.45) is 0 Å². The van der Waals surface area contributed by atoms with Crippen LogP contribution >= 0.6 is 0 Å². The van der Waals surface area contributed by atoms with E-state index in [1.807, 2.05) is 4.90 Å². The van der Waals surface area contributed by atoms with Crippen LogP contribution < -0.4 is 5.32 Å². The zero-order valence-corrected chi connectivity index (χ0v) is 7.04. The fraction of sp³-hybridized carbons (Fsp3) is 0.625. The Labute approximate surface area is 71.2 Å². The molecule has 0 saturated carbocycles. The lowest BCUT2D eigenvalue weighted by atomic mass is 10.2. The van der Waals surface area contributed by atoms with E-state index in [-0.39, 0.29) is 6.03 Å². The first-order valence-electron chi connectivity index (χ1n) is 4.06. The highest BCUT2D eigenvalue weighted by Gasteiger charge is 2.36. The van der Waals surface area contributed by atoms with Crippen molar-refractivity contribution in [3.8, 4) is 0 Å². The molecule has 2 aliphatic rings. The number of fused-ring (bicyclic) bond motifs is 1. The van der Waals surface area contributed by atoms with Crippen molar-refractivity contribution >= 4 is 6.03 Å². The van der Waals surface area contributed by atoms with Crippen molar-refractivity contribution in [1.82, 2.24) is 10.2 Å². The summed E-state index contributed by atoms with van der Waals surface area (Å²) >= 11 is 0. The van der Waals surface area contributed by atoms with Gasteiger partial charge in [-0.3, -0.25) is 0 Å².